The van der Waals surface area contributed by atoms with Crippen LogP contribution < -0.4 is 9.73 Å². The van der Waals surface area contributed by atoms with Gasteiger partial charge in [-0.15, -0.1) is 11.3 Å². The van der Waals surface area contributed by atoms with Crippen LogP contribution in [0.3, 0.4) is 0 Å². The van der Waals surface area contributed by atoms with Crippen molar-refractivity contribution < 1.29 is 13.2 Å². The van der Waals surface area contributed by atoms with Gasteiger partial charge in [0.25, 0.3) is 15.9 Å². The highest BCUT2D eigenvalue weighted by Gasteiger charge is 2.28. The van der Waals surface area contributed by atoms with Crippen LogP contribution in [0.25, 0.3) is 0 Å². The number of thiophene rings is 1. The number of carbonyl (C=O) groups excluding carboxylic acids is 1. The molecule has 1 amide bonds. The molecular weight excluding hydrogens is 418 g/mol. The van der Waals surface area contributed by atoms with Crippen molar-refractivity contribution in [3.8, 4) is 0 Å². The Labute approximate surface area is 180 Å². The number of anilines is 1. The number of sulfonamides is 1. The van der Waals surface area contributed by atoms with Crippen molar-refractivity contribution in [1.82, 2.24) is 5.43 Å². The third-order valence-electron chi connectivity index (χ3n) is 4.51. The fraction of sp³-hybridized carbons (Fsp3) is 0.182. The molecule has 0 aliphatic rings. The van der Waals surface area contributed by atoms with Crippen molar-refractivity contribution in [3.63, 3.8) is 0 Å². The minimum Gasteiger partial charge on any atom is -0.271 e. The standard InChI is InChI=1S/C22H23N3O3S2/c1-16-9-10-20(18(3)13-16)25(30(27,28)19-7-5-4-6-8-19)15-22(26)24-23-14-21-17(2)11-12-29-21/h4-14H,15H2,1-3H3,(H,24,26)/b23-14+. The normalized spacial score (nSPS) is 11.6. The van der Waals surface area contributed by atoms with E-state index >= 15 is 0 Å². The van der Waals surface area contributed by atoms with Gasteiger partial charge >= 0.3 is 0 Å². The first-order valence-electron chi connectivity index (χ1n) is 9.30. The number of hydrazone groups is 1. The number of aryl methyl sites for hydroxylation is 3. The number of carbonyl (C=O) groups is 1. The van der Waals surface area contributed by atoms with Crippen molar-refractivity contribution in [2.75, 3.05) is 10.8 Å². The largest absolute Gasteiger partial charge is 0.271 e. The van der Waals surface area contributed by atoms with E-state index < -0.39 is 15.9 Å². The predicted octanol–water partition coefficient (Wildman–Crippen LogP) is 4.02. The number of nitrogens with one attached hydrogen (secondary N) is 1. The lowest BCUT2D eigenvalue weighted by molar-refractivity contribution is -0.119. The third kappa shape index (κ3) is 4.95. The van der Waals surface area contributed by atoms with Gasteiger partial charge in [0.15, 0.2) is 0 Å². The van der Waals surface area contributed by atoms with Gasteiger partial charge in [-0.3, -0.25) is 9.10 Å². The molecule has 30 heavy (non-hydrogen) atoms. The molecule has 0 spiro atoms. The zero-order valence-electron chi connectivity index (χ0n) is 17.0. The summed E-state index contributed by atoms with van der Waals surface area (Å²) in [6, 6.07) is 15.5. The van der Waals surface area contributed by atoms with Crippen molar-refractivity contribution in [2.45, 2.75) is 25.7 Å². The summed E-state index contributed by atoms with van der Waals surface area (Å²) in [6.45, 7) is 5.32. The van der Waals surface area contributed by atoms with Gasteiger partial charge in [0.05, 0.1) is 16.8 Å². The van der Waals surface area contributed by atoms with Crippen LogP contribution in [0.5, 0.6) is 0 Å². The molecule has 156 valence electrons. The minimum atomic E-state index is -3.94. The summed E-state index contributed by atoms with van der Waals surface area (Å²) < 4.78 is 27.8. The van der Waals surface area contributed by atoms with E-state index in [9.17, 15) is 13.2 Å². The van der Waals surface area contributed by atoms with Crippen LogP contribution in [0, 0.1) is 20.8 Å². The maximum atomic E-state index is 13.3. The van der Waals surface area contributed by atoms with Crippen LogP contribution in [-0.2, 0) is 14.8 Å². The summed E-state index contributed by atoms with van der Waals surface area (Å²) in [6.07, 6.45) is 1.56. The Hall–Kier alpha value is -2.97. The summed E-state index contributed by atoms with van der Waals surface area (Å²) in [5.74, 6) is -0.528. The van der Waals surface area contributed by atoms with Crippen LogP contribution in [0.1, 0.15) is 21.6 Å². The van der Waals surface area contributed by atoms with Crippen LogP contribution in [-0.4, -0.2) is 27.1 Å². The van der Waals surface area contributed by atoms with Crippen molar-refractivity contribution >= 4 is 39.2 Å². The molecule has 2 aromatic carbocycles. The lowest BCUT2D eigenvalue weighted by Crippen LogP contribution is -2.40. The molecule has 0 radical (unpaired) electrons. The molecular formula is C22H23N3O3S2. The van der Waals surface area contributed by atoms with E-state index in [-0.39, 0.29) is 11.4 Å². The van der Waals surface area contributed by atoms with Crippen LogP contribution in [0.2, 0.25) is 0 Å². The Morgan fingerprint density at radius 1 is 1.07 bits per heavy atom. The van der Waals surface area contributed by atoms with Crippen molar-refractivity contribution in [3.05, 3.63) is 81.5 Å². The summed E-state index contributed by atoms with van der Waals surface area (Å²) in [7, 11) is -3.94. The van der Waals surface area contributed by atoms with Gasteiger partial charge in [-0.25, -0.2) is 13.8 Å². The second-order valence-electron chi connectivity index (χ2n) is 6.88. The predicted molar refractivity (Wildman–Crippen MR) is 122 cm³/mol. The van der Waals surface area contributed by atoms with Crippen molar-refractivity contribution in [2.24, 2.45) is 5.10 Å². The van der Waals surface area contributed by atoms with E-state index in [2.05, 4.69) is 10.5 Å². The van der Waals surface area contributed by atoms with E-state index in [1.807, 2.05) is 44.4 Å². The number of nitrogens with zero attached hydrogens (tertiary/aromatic N) is 2. The lowest BCUT2D eigenvalue weighted by Gasteiger charge is -2.25. The topological polar surface area (TPSA) is 78.8 Å². The quantitative estimate of drug-likeness (QED) is 0.444. The number of amides is 1. The molecule has 1 N–H and O–H groups in total. The van der Waals surface area contributed by atoms with Gasteiger partial charge in [-0.2, -0.15) is 5.10 Å². The Kier molecular flexibility index (Phi) is 6.69. The maximum absolute atomic E-state index is 13.3. The van der Waals surface area contributed by atoms with E-state index in [0.29, 0.717) is 5.69 Å². The summed E-state index contributed by atoms with van der Waals surface area (Å²) in [5.41, 5.74) is 5.72. The first-order chi connectivity index (χ1) is 14.3. The Bertz CT molecular complexity index is 1170. The van der Waals surface area contributed by atoms with Gasteiger partial charge in [0, 0.05) is 4.88 Å². The zero-order valence-corrected chi connectivity index (χ0v) is 18.6. The average Bonchev–Trinajstić information content (AvgIpc) is 3.12. The summed E-state index contributed by atoms with van der Waals surface area (Å²) in [4.78, 5) is 13.6. The molecule has 8 heteroatoms. The fourth-order valence-corrected chi connectivity index (χ4v) is 5.24. The summed E-state index contributed by atoms with van der Waals surface area (Å²) >= 11 is 1.51. The number of rotatable bonds is 7. The molecule has 0 saturated heterocycles. The molecule has 1 aromatic heterocycles. The van der Waals surface area contributed by atoms with Crippen LogP contribution >= 0.6 is 11.3 Å². The smallest absolute Gasteiger partial charge is 0.264 e. The third-order valence-corrected chi connectivity index (χ3v) is 7.24. The highest BCUT2D eigenvalue weighted by molar-refractivity contribution is 7.92. The summed E-state index contributed by atoms with van der Waals surface area (Å²) in [5, 5.41) is 5.91. The number of hydrogen-bond donors (Lipinski definition) is 1. The van der Waals surface area contributed by atoms with Crippen LogP contribution in [0.15, 0.2) is 70.0 Å². The Morgan fingerprint density at radius 2 is 1.80 bits per heavy atom. The average molecular weight is 442 g/mol. The molecule has 0 bridgehead atoms. The SMILES string of the molecule is Cc1ccc(N(CC(=O)N/N=C/c2sccc2C)S(=O)(=O)c2ccccc2)c(C)c1. The minimum absolute atomic E-state index is 0.121. The van der Waals surface area contributed by atoms with Gasteiger partial charge in [-0.05, 0) is 61.5 Å². The molecule has 1 heterocycles. The molecule has 0 fully saturated rings. The highest BCUT2D eigenvalue weighted by atomic mass is 32.2. The van der Waals surface area contributed by atoms with E-state index in [0.717, 1.165) is 25.9 Å². The van der Waals surface area contributed by atoms with Gasteiger partial charge in [0.1, 0.15) is 6.54 Å². The van der Waals surface area contributed by atoms with Gasteiger partial charge in [0.2, 0.25) is 0 Å². The molecule has 0 atom stereocenters. The Balaban J connectivity index is 1.89. The lowest BCUT2D eigenvalue weighted by atomic mass is 10.1. The number of hydrogen-bond acceptors (Lipinski definition) is 5. The molecule has 0 aliphatic heterocycles. The second-order valence-corrected chi connectivity index (χ2v) is 9.69. The fourth-order valence-electron chi connectivity index (χ4n) is 2.95. The van der Waals surface area contributed by atoms with E-state index in [1.165, 1.54) is 23.5 Å². The second kappa shape index (κ2) is 9.23. The van der Waals surface area contributed by atoms with Crippen molar-refractivity contribution in [1.29, 1.82) is 0 Å². The molecule has 6 nitrogen and oxygen atoms in total. The molecule has 0 aliphatic carbocycles. The van der Waals surface area contributed by atoms with Crippen LogP contribution in [0.4, 0.5) is 5.69 Å². The first-order valence-corrected chi connectivity index (χ1v) is 11.6. The van der Waals surface area contributed by atoms with E-state index in [1.54, 1.807) is 30.5 Å². The number of benzene rings is 2. The Morgan fingerprint density at radius 3 is 2.43 bits per heavy atom. The van der Waals surface area contributed by atoms with E-state index in [4.69, 9.17) is 0 Å². The molecule has 0 saturated carbocycles. The molecule has 3 rings (SSSR count). The van der Waals surface area contributed by atoms with Gasteiger partial charge < -0.3 is 0 Å². The maximum Gasteiger partial charge on any atom is 0.264 e. The molecule has 0 unspecified atom stereocenters. The monoisotopic (exact) mass is 441 g/mol. The van der Waals surface area contributed by atoms with Gasteiger partial charge in [-0.1, -0.05) is 35.9 Å². The molecule has 3 aromatic rings. The first kappa shape index (κ1) is 21.7. The zero-order chi connectivity index (χ0) is 21.7. The highest BCUT2D eigenvalue weighted by Crippen LogP contribution is 2.27.